The van der Waals surface area contributed by atoms with E-state index in [1.807, 2.05) is 11.4 Å². The van der Waals surface area contributed by atoms with Crippen molar-refractivity contribution in [3.63, 3.8) is 0 Å². The first-order valence-electron chi connectivity index (χ1n) is 5.41. The lowest BCUT2D eigenvalue weighted by molar-refractivity contribution is -0.141. The third-order valence-corrected chi connectivity index (χ3v) is 4.26. The zero-order valence-electron chi connectivity index (χ0n) is 10.00. The molecule has 19 heavy (non-hydrogen) atoms. The van der Waals surface area contributed by atoms with Crippen LogP contribution in [-0.2, 0) is 21.0 Å². The molecule has 0 bridgehead atoms. The van der Waals surface area contributed by atoms with E-state index >= 15 is 0 Å². The van der Waals surface area contributed by atoms with Crippen LogP contribution >= 0.6 is 27.3 Å². The predicted molar refractivity (Wildman–Crippen MR) is 73.1 cm³/mol. The standard InChI is InChI=1S/C11H11BrN2O4S/c1-14(4-7-2-6(12)5-19-7)10(15)9-3-8(11(16)17)13-18-9/h2,5,9H,3-4H2,1H3,(H,16,17). The second-order valence-electron chi connectivity index (χ2n) is 4.07. The molecule has 0 spiro atoms. The fraction of sp³-hybridized carbons (Fsp3) is 0.364. The number of thiophene rings is 1. The van der Waals surface area contributed by atoms with Crippen LogP contribution in [0.25, 0.3) is 0 Å². The van der Waals surface area contributed by atoms with Crippen LogP contribution in [0.1, 0.15) is 11.3 Å². The molecule has 8 heteroatoms. The summed E-state index contributed by atoms with van der Waals surface area (Å²) in [5.74, 6) is -1.43. The second-order valence-corrected chi connectivity index (χ2v) is 5.98. The highest BCUT2D eigenvalue weighted by Gasteiger charge is 2.33. The van der Waals surface area contributed by atoms with Gasteiger partial charge in [-0.15, -0.1) is 11.3 Å². The van der Waals surface area contributed by atoms with Gasteiger partial charge in [0.2, 0.25) is 6.10 Å². The average molecular weight is 347 g/mol. The molecule has 0 saturated carbocycles. The van der Waals surface area contributed by atoms with Gasteiger partial charge in [0.05, 0.1) is 6.54 Å². The van der Waals surface area contributed by atoms with Gasteiger partial charge in [0.15, 0.2) is 5.71 Å². The minimum atomic E-state index is -1.15. The van der Waals surface area contributed by atoms with Crippen LogP contribution < -0.4 is 0 Å². The van der Waals surface area contributed by atoms with Crippen LogP contribution in [0.15, 0.2) is 21.1 Å². The molecule has 6 nitrogen and oxygen atoms in total. The van der Waals surface area contributed by atoms with Crippen molar-refractivity contribution in [3.8, 4) is 0 Å². The highest BCUT2D eigenvalue weighted by molar-refractivity contribution is 9.10. The molecule has 1 aliphatic heterocycles. The Morgan fingerprint density at radius 1 is 1.68 bits per heavy atom. The number of carbonyl (C=O) groups excluding carboxylic acids is 1. The lowest BCUT2D eigenvalue weighted by Gasteiger charge is -2.18. The number of hydrogen-bond acceptors (Lipinski definition) is 5. The third kappa shape index (κ3) is 3.32. The van der Waals surface area contributed by atoms with Crippen molar-refractivity contribution in [2.45, 2.75) is 19.1 Å². The SMILES string of the molecule is CN(Cc1cc(Br)cs1)C(=O)C1CC(C(=O)O)=NO1. The van der Waals surface area contributed by atoms with Crippen LogP contribution in [0.5, 0.6) is 0 Å². The van der Waals surface area contributed by atoms with Crippen LogP contribution in [0.3, 0.4) is 0 Å². The highest BCUT2D eigenvalue weighted by Crippen LogP contribution is 2.22. The average Bonchev–Trinajstić information content (AvgIpc) is 2.97. The summed E-state index contributed by atoms with van der Waals surface area (Å²) in [6.45, 7) is 0.456. The lowest BCUT2D eigenvalue weighted by Crippen LogP contribution is -2.36. The Kier molecular flexibility index (Phi) is 4.20. The first kappa shape index (κ1) is 14.0. The molecule has 0 fully saturated rings. The zero-order chi connectivity index (χ0) is 14.0. The van der Waals surface area contributed by atoms with Crippen molar-refractivity contribution >= 4 is 44.9 Å². The molecule has 2 heterocycles. The number of halogens is 1. The number of aliphatic carboxylic acids is 1. The van der Waals surface area contributed by atoms with Gasteiger partial charge in [-0.25, -0.2) is 4.79 Å². The number of amides is 1. The number of nitrogens with zero attached hydrogens (tertiary/aromatic N) is 2. The van der Waals surface area contributed by atoms with Crippen molar-refractivity contribution in [1.82, 2.24) is 4.90 Å². The van der Waals surface area contributed by atoms with Crippen LogP contribution in [0, 0.1) is 0 Å². The van der Waals surface area contributed by atoms with E-state index in [4.69, 9.17) is 9.94 Å². The Hall–Kier alpha value is -1.41. The topological polar surface area (TPSA) is 79.2 Å². The number of hydrogen-bond donors (Lipinski definition) is 1. The summed E-state index contributed by atoms with van der Waals surface area (Å²) in [5, 5.41) is 14.1. The van der Waals surface area contributed by atoms with Gasteiger partial charge < -0.3 is 14.8 Å². The Bertz CT molecular complexity index is 543. The summed E-state index contributed by atoms with van der Waals surface area (Å²) in [5.41, 5.74) is -0.120. The van der Waals surface area contributed by atoms with Gasteiger partial charge in [-0.05, 0) is 22.0 Å². The van der Waals surface area contributed by atoms with Crippen molar-refractivity contribution in [2.75, 3.05) is 7.05 Å². The number of carbonyl (C=O) groups is 2. The van der Waals surface area contributed by atoms with E-state index in [0.29, 0.717) is 6.54 Å². The minimum Gasteiger partial charge on any atom is -0.477 e. The summed E-state index contributed by atoms with van der Waals surface area (Å²) >= 11 is 4.89. The summed E-state index contributed by atoms with van der Waals surface area (Å²) < 4.78 is 0.974. The predicted octanol–water partition coefficient (Wildman–Crippen LogP) is 1.70. The number of carboxylic acids is 1. The summed E-state index contributed by atoms with van der Waals surface area (Å²) in [4.78, 5) is 30.1. The Balaban J connectivity index is 1.92. The first-order valence-corrected chi connectivity index (χ1v) is 7.08. The molecule has 0 aromatic carbocycles. The normalized spacial score (nSPS) is 17.8. The molecule has 1 aromatic heterocycles. The molecule has 1 unspecified atom stereocenters. The highest BCUT2D eigenvalue weighted by atomic mass is 79.9. The molecule has 1 amide bonds. The Morgan fingerprint density at radius 2 is 2.42 bits per heavy atom. The Morgan fingerprint density at radius 3 is 2.95 bits per heavy atom. The zero-order valence-corrected chi connectivity index (χ0v) is 12.4. The van der Waals surface area contributed by atoms with Gasteiger partial charge in [-0.3, -0.25) is 4.79 Å². The maximum absolute atomic E-state index is 12.1. The fourth-order valence-electron chi connectivity index (χ4n) is 1.63. The van der Waals surface area contributed by atoms with Crippen LogP contribution in [0.2, 0.25) is 0 Å². The van der Waals surface area contributed by atoms with Crippen molar-refractivity contribution < 1.29 is 19.5 Å². The molecule has 2 rings (SSSR count). The number of oxime groups is 1. The smallest absolute Gasteiger partial charge is 0.353 e. The fourth-order valence-corrected chi connectivity index (χ4v) is 3.13. The summed E-state index contributed by atoms with van der Waals surface area (Å²) in [7, 11) is 1.65. The molecule has 0 radical (unpaired) electrons. The quantitative estimate of drug-likeness (QED) is 0.899. The van der Waals surface area contributed by atoms with Gasteiger partial charge in [-0.1, -0.05) is 5.16 Å². The molecule has 1 N–H and O–H groups in total. The van der Waals surface area contributed by atoms with Gasteiger partial charge in [0.1, 0.15) is 0 Å². The second kappa shape index (κ2) is 5.70. The Labute approximate surface area is 121 Å². The first-order chi connectivity index (χ1) is 8.97. The third-order valence-electron chi connectivity index (χ3n) is 2.58. The van der Waals surface area contributed by atoms with Gasteiger partial charge in [-0.2, -0.15) is 0 Å². The monoisotopic (exact) mass is 346 g/mol. The number of carboxylic acid groups (broad SMARTS) is 1. The number of likely N-dealkylation sites (N-methyl/N-ethyl adjacent to an activating group) is 1. The molecule has 1 atom stereocenters. The van der Waals surface area contributed by atoms with E-state index < -0.39 is 12.1 Å². The van der Waals surface area contributed by atoms with Gasteiger partial charge in [0, 0.05) is 28.2 Å². The molecule has 0 aliphatic carbocycles. The summed E-state index contributed by atoms with van der Waals surface area (Å²) in [6, 6.07) is 1.93. The van der Waals surface area contributed by atoms with Crippen molar-refractivity contribution in [1.29, 1.82) is 0 Å². The molecule has 0 saturated heterocycles. The van der Waals surface area contributed by atoms with Crippen molar-refractivity contribution in [3.05, 3.63) is 20.8 Å². The number of rotatable bonds is 4. The largest absolute Gasteiger partial charge is 0.477 e. The molecule has 1 aliphatic rings. The van der Waals surface area contributed by atoms with E-state index in [0.717, 1.165) is 9.35 Å². The molecule has 1 aromatic rings. The maximum Gasteiger partial charge on any atom is 0.353 e. The van der Waals surface area contributed by atoms with E-state index in [9.17, 15) is 9.59 Å². The van der Waals surface area contributed by atoms with Crippen LogP contribution in [-0.4, -0.2) is 40.7 Å². The van der Waals surface area contributed by atoms with E-state index in [1.54, 1.807) is 7.05 Å². The summed E-state index contributed by atoms with van der Waals surface area (Å²) in [6.07, 6.45) is -0.827. The van der Waals surface area contributed by atoms with Crippen LogP contribution in [0.4, 0.5) is 0 Å². The lowest BCUT2D eigenvalue weighted by atomic mass is 10.1. The van der Waals surface area contributed by atoms with Gasteiger partial charge >= 0.3 is 5.97 Å². The van der Waals surface area contributed by atoms with E-state index in [2.05, 4.69) is 21.1 Å². The molecular weight excluding hydrogens is 336 g/mol. The van der Waals surface area contributed by atoms with E-state index in [-0.39, 0.29) is 18.0 Å². The van der Waals surface area contributed by atoms with E-state index in [1.165, 1.54) is 16.2 Å². The van der Waals surface area contributed by atoms with Gasteiger partial charge in [0.25, 0.3) is 5.91 Å². The minimum absolute atomic E-state index is 0.00659. The van der Waals surface area contributed by atoms with Crippen molar-refractivity contribution in [2.24, 2.45) is 5.16 Å². The maximum atomic E-state index is 12.1. The molecular formula is C11H11BrN2O4S. The molecule has 102 valence electrons.